The van der Waals surface area contributed by atoms with Crippen LogP contribution in [-0.4, -0.2) is 44.7 Å². The van der Waals surface area contributed by atoms with Gasteiger partial charge in [0.15, 0.2) is 0 Å². The fraction of sp³-hybridized carbons (Fsp3) is 0.600. The van der Waals surface area contributed by atoms with Crippen molar-refractivity contribution in [3.05, 3.63) is 36.4 Å². The van der Waals surface area contributed by atoms with Crippen LogP contribution in [0.2, 0.25) is 0 Å². The molecule has 126 valence electrons. The Balaban J connectivity index is 1.52. The predicted molar refractivity (Wildman–Crippen MR) is 97.3 cm³/mol. The minimum Gasteiger partial charge on any atom is -0.497 e. The van der Waals surface area contributed by atoms with E-state index in [0.717, 1.165) is 30.7 Å². The van der Waals surface area contributed by atoms with Crippen LogP contribution in [0.1, 0.15) is 26.2 Å². The molecule has 3 nitrogen and oxygen atoms in total. The highest BCUT2D eigenvalue weighted by molar-refractivity contribution is 5.51. The lowest BCUT2D eigenvalue weighted by Gasteiger charge is -2.38. The quantitative estimate of drug-likeness (QED) is 0.743. The molecule has 1 fully saturated rings. The number of hydrogen-bond acceptors (Lipinski definition) is 3. The van der Waals surface area contributed by atoms with Crippen molar-refractivity contribution in [2.45, 2.75) is 26.2 Å². The number of hydrogen-bond donors (Lipinski definition) is 0. The Hall–Kier alpha value is -1.48. The molecule has 0 spiro atoms. The highest BCUT2D eigenvalue weighted by Gasteiger charge is 2.24. The number of nitrogens with zero attached hydrogens (tertiary/aromatic N) is 2. The molecule has 2 unspecified atom stereocenters. The highest BCUT2D eigenvalue weighted by Crippen LogP contribution is 2.29. The SMILES string of the molecule is CCC(CN1CCN(c2cccc(OC)c2)CC1)C1C=CCC1. The molecule has 0 aromatic heterocycles. The van der Waals surface area contributed by atoms with Gasteiger partial charge in [-0.3, -0.25) is 4.90 Å². The summed E-state index contributed by atoms with van der Waals surface area (Å²) in [6.45, 7) is 8.18. The molecule has 3 rings (SSSR count). The van der Waals surface area contributed by atoms with Crippen molar-refractivity contribution < 1.29 is 4.74 Å². The third-order valence-corrected chi connectivity index (χ3v) is 5.46. The van der Waals surface area contributed by atoms with Gasteiger partial charge in [0.05, 0.1) is 7.11 Å². The molecule has 3 heteroatoms. The number of anilines is 1. The summed E-state index contributed by atoms with van der Waals surface area (Å²) in [6, 6.07) is 8.44. The van der Waals surface area contributed by atoms with Crippen molar-refractivity contribution in [2.75, 3.05) is 44.7 Å². The van der Waals surface area contributed by atoms with Gasteiger partial charge in [-0.05, 0) is 36.8 Å². The Labute approximate surface area is 140 Å². The van der Waals surface area contributed by atoms with Gasteiger partial charge in [0.1, 0.15) is 5.75 Å². The fourth-order valence-electron chi connectivity index (χ4n) is 3.94. The third kappa shape index (κ3) is 4.08. The molecule has 0 N–H and O–H groups in total. The van der Waals surface area contributed by atoms with Crippen LogP contribution in [0.25, 0.3) is 0 Å². The largest absolute Gasteiger partial charge is 0.497 e. The van der Waals surface area contributed by atoms with Crippen LogP contribution in [0, 0.1) is 11.8 Å². The topological polar surface area (TPSA) is 15.7 Å². The lowest BCUT2D eigenvalue weighted by molar-refractivity contribution is 0.191. The zero-order valence-electron chi connectivity index (χ0n) is 14.6. The van der Waals surface area contributed by atoms with Crippen LogP contribution >= 0.6 is 0 Å². The average molecular weight is 314 g/mol. The van der Waals surface area contributed by atoms with E-state index < -0.39 is 0 Å². The maximum atomic E-state index is 5.35. The fourth-order valence-corrected chi connectivity index (χ4v) is 3.94. The Morgan fingerprint density at radius 3 is 2.70 bits per heavy atom. The summed E-state index contributed by atoms with van der Waals surface area (Å²) < 4.78 is 5.35. The molecule has 1 aliphatic carbocycles. The van der Waals surface area contributed by atoms with Gasteiger partial charge in [0.25, 0.3) is 0 Å². The molecule has 0 bridgehead atoms. The number of allylic oxidation sites excluding steroid dienone is 2. The first-order valence-corrected chi connectivity index (χ1v) is 9.08. The van der Waals surface area contributed by atoms with Crippen molar-refractivity contribution in [3.8, 4) is 5.75 Å². The molecular formula is C20H30N2O. The van der Waals surface area contributed by atoms with E-state index in [1.54, 1.807) is 7.11 Å². The van der Waals surface area contributed by atoms with E-state index in [4.69, 9.17) is 4.74 Å². The summed E-state index contributed by atoms with van der Waals surface area (Å²) in [5.74, 6) is 2.59. The summed E-state index contributed by atoms with van der Waals surface area (Å²) in [4.78, 5) is 5.15. The number of ether oxygens (including phenoxy) is 1. The second kappa shape index (κ2) is 7.87. The molecule has 0 radical (unpaired) electrons. The Morgan fingerprint density at radius 1 is 1.22 bits per heavy atom. The van der Waals surface area contributed by atoms with Crippen molar-refractivity contribution in [1.82, 2.24) is 4.90 Å². The molecule has 1 saturated heterocycles. The van der Waals surface area contributed by atoms with Gasteiger partial charge >= 0.3 is 0 Å². The first kappa shape index (κ1) is 16.4. The lowest BCUT2D eigenvalue weighted by atomic mass is 9.89. The van der Waals surface area contributed by atoms with Gasteiger partial charge in [-0.15, -0.1) is 0 Å². The molecule has 0 amide bonds. The highest BCUT2D eigenvalue weighted by atomic mass is 16.5. The number of methoxy groups -OCH3 is 1. The van der Waals surface area contributed by atoms with E-state index in [-0.39, 0.29) is 0 Å². The van der Waals surface area contributed by atoms with Crippen LogP contribution in [0.5, 0.6) is 5.75 Å². The maximum absolute atomic E-state index is 5.35. The Bertz CT molecular complexity index is 520. The van der Waals surface area contributed by atoms with Crippen LogP contribution in [0.3, 0.4) is 0 Å². The minimum atomic E-state index is 0.816. The molecule has 1 heterocycles. The van der Waals surface area contributed by atoms with Gasteiger partial charge in [-0.2, -0.15) is 0 Å². The summed E-state index contributed by atoms with van der Waals surface area (Å²) in [5.41, 5.74) is 1.29. The van der Waals surface area contributed by atoms with Crippen molar-refractivity contribution in [2.24, 2.45) is 11.8 Å². The minimum absolute atomic E-state index is 0.816. The molecule has 23 heavy (non-hydrogen) atoms. The van der Waals surface area contributed by atoms with Gasteiger partial charge in [-0.1, -0.05) is 31.6 Å². The van der Waals surface area contributed by atoms with Crippen molar-refractivity contribution in [3.63, 3.8) is 0 Å². The van der Waals surface area contributed by atoms with Crippen LogP contribution in [0.15, 0.2) is 36.4 Å². The van der Waals surface area contributed by atoms with Crippen molar-refractivity contribution >= 4 is 5.69 Å². The number of benzene rings is 1. The van der Waals surface area contributed by atoms with E-state index in [0.29, 0.717) is 0 Å². The van der Waals surface area contributed by atoms with E-state index in [1.807, 2.05) is 6.07 Å². The average Bonchev–Trinajstić information content (AvgIpc) is 3.14. The number of piperazine rings is 1. The van der Waals surface area contributed by atoms with E-state index in [2.05, 4.69) is 47.1 Å². The van der Waals surface area contributed by atoms with Crippen LogP contribution < -0.4 is 9.64 Å². The Morgan fingerprint density at radius 2 is 2.04 bits per heavy atom. The van der Waals surface area contributed by atoms with Crippen molar-refractivity contribution in [1.29, 1.82) is 0 Å². The van der Waals surface area contributed by atoms with Gasteiger partial charge in [0, 0.05) is 44.5 Å². The van der Waals surface area contributed by atoms with Gasteiger partial charge in [0.2, 0.25) is 0 Å². The van der Waals surface area contributed by atoms with Gasteiger partial charge in [-0.25, -0.2) is 0 Å². The molecule has 0 saturated carbocycles. The van der Waals surface area contributed by atoms with E-state index >= 15 is 0 Å². The summed E-state index contributed by atoms with van der Waals surface area (Å²) >= 11 is 0. The predicted octanol–water partition coefficient (Wildman–Crippen LogP) is 3.81. The second-order valence-electron chi connectivity index (χ2n) is 6.83. The zero-order valence-corrected chi connectivity index (χ0v) is 14.6. The zero-order chi connectivity index (χ0) is 16.1. The molecular weight excluding hydrogens is 284 g/mol. The maximum Gasteiger partial charge on any atom is 0.120 e. The summed E-state index contributed by atoms with van der Waals surface area (Å²) in [7, 11) is 1.74. The Kier molecular flexibility index (Phi) is 5.60. The summed E-state index contributed by atoms with van der Waals surface area (Å²) in [6.07, 6.45) is 8.77. The lowest BCUT2D eigenvalue weighted by Crippen LogP contribution is -2.48. The van der Waals surface area contributed by atoms with Gasteiger partial charge < -0.3 is 9.64 Å². The second-order valence-corrected chi connectivity index (χ2v) is 6.83. The molecule has 1 aliphatic heterocycles. The monoisotopic (exact) mass is 314 g/mol. The first-order chi connectivity index (χ1) is 11.3. The third-order valence-electron chi connectivity index (χ3n) is 5.46. The smallest absolute Gasteiger partial charge is 0.120 e. The molecule has 1 aromatic rings. The summed E-state index contributed by atoms with van der Waals surface area (Å²) in [5, 5.41) is 0. The van der Waals surface area contributed by atoms with E-state index in [1.165, 1.54) is 44.6 Å². The molecule has 2 aliphatic rings. The standard InChI is InChI=1S/C20H30N2O/c1-3-17(18-7-4-5-8-18)16-21-11-13-22(14-12-21)19-9-6-10-20(15-19)23-2/h4,6-7,9-10,15,17-18H,3,5,8,11-14,16H2,1-2H3. The van der Waals surface area contributed by atoms with E-state index in [9.17, 15) is 0 Å². The van der Waals surface area contributed by atoms with Crippen LogP contribution in [-0.2, 0) is 0 Å². The number of rotatable bonds is 6. The first-order valence-electron chi connectivity index (χ1n) is 9.08. The normalized spacial score (nSPS) is 23.2. The molecule has 1 aromatic carbocycles. The molecule has 2 atom stereocenters. The van der Waals surface area contributed by atoms with Crippen LogP contribution in [0.4, 0.5) is 5.69 Å².